The molecule has 0 bridgehead atoms. The van der Waals surface area contributed by atoms with Crippen molar-refractivity contribution >= 4 is 23.5 Å². The zero-order valence-electron chi connectivity index (χ0n) is 15.1. The minimum absolute atomic E-state index is 0.164. The first-order chi connectivity index (χ1) is 13.0. The lowest BCUT2D eigenvalue weighted by Gasteiger charge is -2.12. The fourth-order valence-corrected chi connectivity index (χ4v) is 2.18. The number of carbonyl (C=O) groups is 3. The van der Waals surface area contributed by atoms with Gasteiger partial charge in [-0.05, 0) is 36.4 Å². The average molecular weight is 373 g/mol. The minimum atomic E-state index is -0.591. The van der Waals surface area contributed by atoms with Gasteiger partial charge in [0.1, 0.15) is 17.1 Å². The molecule has 8 heteroatoms. The monoisotopic (exact) mass is 373 g/mol. The van der Waals surface area contributed by atoms with E-state index in [4.69, 9.17) is 14.2 Å². The fourth-order valence-electron chi connectivity index (χ4n) is 2.18. The van der Waals surface area contributed by atoms with Crippen molar-refractivity contribution in [3.8, 4) is 11.5 Å². The van der Waals surface area contributed by atoms with Crippen LogP contribution in [0, 0.1) is 0 Å². The van der Waals surface area contributed by atoms with E-state index >= 15 is 0 Å². The van der Waals surface area contributed by atoms with Gasteiger partial charge in [-0.25, -0.2) is 9.59 Å². The Morgan fingerprint density at radius 2 is 1.56 bits per heavy atom. The van der Waals surface area contributed by atoms with Crippen LogP contribution in [0.25, 0.3) is 0 Å². The van der Waals surface area contributed by atoms with Crippen LogP contribution in [0.15, 0.2) is 42.5 Å². The summed E-state index contributed by atoms with van der Waals surface area (Å²) in [7, 11) is 4.01. The Morgan fingerprint density at radius 1 is 0.889 bits per heavy atom. The summed E-state index contributed by atoms with van der Waals surface area (Å²) in [4.78, 5) is 35.3. The number of hydrogen-bond acceptors (Lipinski definition) is 7. The predicted octanol–water partition coefficient (Wildman–Crippen LogP) is 2.29. The van der Waals surface area contributed by atoms with E-state index in [2.05, 4.69) is 10.1 Å². The van der Waals surface area contributed by atoms with Crippen LogP contribution < -0.4 is 14.8 Å². The normalized spacial score (nSPS) is 9.89. The van der Waals surface area contributed by atoms with Crippen LogP contribution in [0.2, 0.25) is 0 Å². The highest BCUT2D eigenvalue weighted by atomic mass is 16.5. The van der Waals surface area contributed by atoms with Crippen molar-refractivity contribution in [3.05, 3.63) is 53.6 Å². The van der Waals surface area contributed by atoms with E-state index in [-0.39, 0.29) is 17.9 Å². The Kier molecular flexibility index (Phi) is 6.76. The van der Waals surface area contributed by atoms with E-state index in [0.29, 0.717) is 17.0 Å². The predicted molar refractivity (Wildman–Crippen MR) is 96.2 cm³/mol. The second kappa shape index (κ2) is 9.23. The van der Waals surface area contributed by atoms with E-state index in [1.807, 2.05) is 0 Å². The van der Waals surface area contributed by atoms with Crippen LogP contribution in [-0.4, -0.2) is 45.8 Å². The number of amides is 1. The molecule has 142 valence electrons. The van der Waals surface area contributed by atoms with E-state index in [0.717, 1.165) is 0 Å². The molecule has 0 saturated heterocycles. The molecule has 8 nitrogen and oxygen atoms in total. The van der Waals surface area contributed by atoms with Crippen LogP contribution in [0.4, 0.5) is 5.69 Å². The minimum Gasteiger partial charge on any atom is -0.497 e. The van der Waals surface area contributed by atoms with Crippen LogP contribution in [0.1, 0.15) is 20.7 Å². The second-order valence-electron chi connectivity index (χ2n) is 5.26. The van der Waals surface area contributed by atoms with Crippen molar-refractivity contribution in [1.82, 2.24) is 0 Å². The molecule has 0 atom stereocenters. The Morgan fingerprint density at radius 3 is 2.15 bits per heavy atom. The average Bonchev–Trinajstić information content (AvgIpc) is 2.71. The number of nitrogens with one attached hydrogen (secondary N) is 1. The largest absolute Gasteiger partial charge is 0.497 e. The smallest absolute Gasteiger partial charge is 0.341 e. The second-order valence-corrected chi connectivity index (χ2v) is 5.26. The maximum absolute atomic E-state index is 12.1. The number of rotatable bonds is 7. The van der Waals surface area contributed by atoms with Crippen molar-refractivity contribution < 1.29 is 33.3 Å². The molecular formula is C19H19NO7. The summed E-state index contributed by atoms with van der Waals surface area (Å²) < 4.78 is 19.8. The SMILES string of the molecule is COC(=O)c1ccc(NC(=O)COc2cc(OC)ccc2C(=O)OC)cc1. The molecule has 0 aromatic heterocycles. The van der Waals surface area contributed by atoms with Gasteiger partial charge in [0, 0.05) is 11.8 Å². The molecule has 0 heterocycles. The summed E-state index contributed by atoms with van der Waals surface area (Å²) in [5.74, 6) is -0.871. The van der Waals surface area contributed by atoms with E-state index < -0.39 is 17.8 Å². The molecule has 2 aromatic carbocycles. The maximum atomic E-state index is 12.1. The van der Waals surface area contributed by atoms with Crippen molar-refractivity contribution in [2.45, 2.75) is 0 Å². The van der Waals surface area contributed by atoms with Gasteiger partial charge in [0.25, 0.3) is 5.91 Å². The highest BCUT2D eigenvalue weighted by Gasteiger charge is 2.15. The zero-order chi connectivity index (χ0) is 19.8. The number of carbonyl (C=O) groups excluding carboxylic acids is 3. The van der Waals surface area contributed by atoms with Crippen molar-refractivity contribution in [2.24, 2.45) is 0 Å². The van der Waals surface area contributed by atoms with Gasteiger partial charge in [0.05, 0.1) is 26.9 Å². The number of esters is 2. The maximum Gasteiger partial charge on any atom is 0.341 e. The van der Waals surface area contributed by atoms with E-state index in [1.165, 1.54) is 45.6 Å². The third kappa shape index (κ3) is 5.21. The molecule has 0 unspecified atom stereocenters. The number of hydrogen-bond donors (Lipinski definition) is 1. The van der Waals surface area contributed by atoms with Crippen LogP contribution in [-0.2, 0) is 14.3 Å². The fraction of sp³-hybridized carbons (Fsp3) is 0.211. The molecule has 0 aliphatic rings. The Bertz CT molecular complexity index is 830. The molecule has 2 rings (SSSR count). The molecule has 0 saturated carbocycles. The lowest BCUT2D eigenvalue weighted by Crippen LogP contribution is -2.21. The summed E-state index contributed by atoms with van der Waals surface area (Å²) in [6, 6.07) is 10.8. The quantitative estimate of drug-likeness (QED) is 0.743. The zero-order valence-corrected chi connectivity index (χ0v) is 15.1. The van der Waals surface area contributed by atoms with Gasteiger partial charge >= 0.3 is 11.9 Å². The summed E-state index contributed by atoms with van der Waals surface area (Å²) in [5, 5.41) is 2.62. The van der Waals surface area contributed by atoms with Gasteiger partial charge in [-0.2, -0.15) is 0 Å². The van der Waals surface area contributed by atoms with Crippen molar-refractivity contribution in [2.75, 3.05) is 33.3 Å². The molecule has 27 heavy (non-hydrogen) atoms. The van der Waals surface area contributed by atoms with Crippen molar-refractivity contribution in [3.63, 3.8) is 0 Å². The van der Waals surface area contributed by atoms with Gasteiger partial charge in [-0.3, -0.25) is 4.79 Å². The molecule has 1 N–H and O–H groups in total. The van der Waals surface area contributed by atoms with Crippen LogP contribution in [0.3, 0.4) is 0 Å². The number of ether oxygens (including phenoxy) is 4. The van der Waals surface area contributed by atoms with Gasteiger partial charge in [0.15, 0.2) is 6.61 Å². The lowest BCUT2D eigenvalue weighted by atomic mass is 10.2. The van der Waals surface area contributed by atoms with Gasteiger partial charge in [-0.15, -0.1) is 0 Å². The standard InChI is InChI=1S/C19H19NO7/c1-24-14-8-9-15(19(23)26-3)16(10-14)27-11-17(21)20-13-6-4-12(5-7-13)18(22)25-2/h4-10H,11H2,1-3H3,(H,20,21). The van der Waals surface area contributed by atoms with Gasteiger partial charge in [-0.1, -0.05) is 0 Å². The number of anilines is 1. The molecule has 0 fully saturated rings. The Labute approximate surface area is 156 Å². The first-order valence-electron chi connectivity index (χ1n) is 7.86. The lowest BCUT2D eigenvalue weighted by molar-refractivity contribution is -0.118. The molecule has 0 aliphatic heterocycles. The van der Waals surface area contributed by atoms with Gasteiger partial charge < -0.3 is 24.3 Å². The molecule has 2 aromatic rings. The highest BCUT2D eigenvalue weighted by molar-refractivity contribution is 5.95. The third-order valence-electron chi connectivity index (χ3n) is 3.54. The van der Waals surface area contributed by atoms with Crippen molar-refractivity contribution in [1.29, 1.82) is 0 Å². The van der Waals surface area contributed by atoms with Gasteiger partial charge in [0.2, 0.25) is 0 Å². The first-order valence-corrected chi connectivity index (χ1v) is 7.86. The van der Waals surface area contributed by atoms with E-state index in [1.54, 1.807) is 18.2 Å². The van der Waals surface area contributed by atoms with Crippen LogP contribution >= 0.6 is 0 Å². The first kappa shape index (κ1) is 19.8. The molecule has 0 radical (unpaired) electrons. The highest BCUT2D eigenvalue weighted by Crippen LogP contribution is 2.25. The summed E-state index contributed by atoms with van der Waals surface area (Å²) >= 11 is 0. The summed E-state index contributed by atoms with van der Waals surface area (Å²) in [5.41, 5.74) is 1.02. The Balaban J connectivity index is 2.02. The van der Waals surface area contributed by atoms with E-state index in [9.17, 15) is 14.4 Å². The number of benzene rings is 2. The Hall–Kier alpha value is -3.55. The summed E-state index contributed by atoms with van der Waals surface area (Å²) in [6.45, 7) is -0.337. The molecular weight excluding hydrogens is 354 g/mol. The molecule has 0 spiro atoms. The third-order valence-corrected chi connectivity index (χ3v) is 3.54. The van der Waals surface area contributed by atoms with Crippen LogP contribution in [0.5, 0.6) is 11.5 Å². The molecule has 1 amide bonds. The molecule has 0 aliphatic carbocycles. The summed E-state index contributed by atoms with van der Waals surface area (Å²) in [6.07, 6.45) is 0. The topological polar surface area (TPSA) is 100 Å². The number of methoxy groups -OCH3 is 3.